The summed E-state index contributed by atoms with van der Waals surface area (Å²) in [6, 6.07) is 18.5. The van der Waals surface area contributed by atoms with E-state index in [2.05, 4.69) is 5.32 Å². The van der Waals surface area contributed by atoms with Crippen LogP contribution in [0.5, 0.6) is 11.5 Å². The number of thiophene rings is 1. The predicted molar refractivity (Wildman–Crippen MR) is 121 cm³/mol. The number of anilines is 1. The molecular weight excluding hydrogens is 412 g/mol. The van der Waals surface area contributed by atoms with Gasteiger partial charge < -0.3 is 14.8 Å². The summed E-state index contributed by atoms with van der Waals surface area (Å²) in [6.45, 7) is 2.30. The van der Waals surface area contributed by atoms with Gasteiger partial charge >= 0.3 is 0 Å². The minimum atomic E-state index is -0.352. The van der Waals surface area contributed by atoms with E-state index in [0.29, 0.717) is 17.0 Å². The van der Waals surface area contributed by atoms with Gasteiger partial charge in [-0.05, 0) is 54.3 Å². The number of hydrogen-bond acceptors (Lipinski definition) is 6. The topological polar surface area (TPSA) is 67.9 Å². The fraction of sp³-hybridized carbons (Fsp3) is 0.167. The molecule has 1 aliphatic heterocycles. The molecule has 2 aromatic carbocycles. The second-order valence-electron chi connectivity index (χ2n) is 6.95. The number of carbonyl (C=O) groups excluding carboxylic acids is 2. The highest BCUT2D eigenvalue weighted by Crippen LogP contribution is 2.33. The van der Waals surface area contributed by atoms with Crippen LogP contribution in [0.2, 0.25) is 0 Å². The number of methoxy groups -OCH3 is 1. The second kappa shape index (κ2) is 9.06. The second-order valence-corrected chi connectivity index (χ2v) is 7.90. The number of hydrogen-bond donors (Lipinski definition) is 1. The summed E-state index contributed by atoms with van der Waals surface area (Å²) in [5.74, 6) is 0.704. The lowest BCUT2D eigenvalue weighted by Crippen LogP contribution is -2.36. The van der Waals surface area contributed by atoms with Gasteiger partial charge in [-0.15, -0.1) is 11.3 Å². The summed E-state index contributed by atoms with van der Waals surface area (Å²) >= 11 is 1.43. The molecule has 2 heterocycles. The number of carbonyl (C=O) groups is 2. The molecule has 6 nitrogen and oxygen atoms in total. The molecule has 1 aromatic heterocycles. The highest BCUT2D eigenvalue weighted by Gasteiger charge is 2.39. The zero-order valence-corrected chi connectivity index (χ0v) is 18.1. The van der Waals surface area contributed by atoms with Gasteiger partial charge in [0.05, 0.1) is 19.2 Å². The van der Waals surface area contributed by atoms with Crippen LogP contribution in [0.4, 0.5) is 5.69 Å². The Labute approximate surface area is 184 Å². The summed E-state index contributed by atoms with van der Waals surface area (Å²) in [7, 11) is 1.60. The Balaban J connectivity index is 1.52. The van der Waals surface area contributed by atoms with Crippen LogP contribution in [-0.2, 0) is 9.59 Å². The van der Waals surface area contributed by atoms with Crippen LogP contribution in [-0.4, -0.2) is 37.0 Å². The molecule has 3 aromatic rings. The molecule has 158 valence electrons. The molecule has 0 bridgehead atoms. The van der Waals surface area contributed by atoms with Crippen LogP contribution in [0, 0.1) is 6.92 Å². The average molecular weight is 435 g/mol. The number of ether oxygens (including phenoxy) is 2. The van der Waals surface area contributed by atoms with E-state index in [1.165, 1.54) is 16.2 Å². The van der Waals surface area contributed by atoms with Gasteiger partial charge in [0.15, 0.2) is 0 Å². The van der Waals surface area contributed by atoms with Gasteiger partial charge in [0.1, 0.15) is 23.8 Å². The zero-order valence-electron chi connectivity index (χ0n) is 17.3. The van der Waals surface area contributed by atoms with Crippen molar-refractivity contribution in [3.63, 3.8) is 0 Å². The molecule has 0 unspecified atom stereocenters. The van der Waals surface area contributed by atoms with Crippen LogP contribution >= 0.6 is 11.3 Å². The van der Waals surface area contributed by atoms with Gasteiger partial charge in [-0.2, -0.15) is 0 Å². The highest BCUT2D eigenvalue weighted by molar-refractivity contribution is 7.11. The van der Waals surface area contributed by atoms with Crippen molar-refractivity contribution < 1.29 is 19.1 Å². The van der Waals surface area contributed by atoms with Gasteiger partial charge in [-0.1, -0.05) is 24.3 Å². The molecule has 1 N–H and O–H groups in total. The maximum absolute atomic E-state index is 13.2. The number of nitrogens with one attached hydrogen (secondary N) is 1. The van der Waals surface area contributed by atoms with Crippen molar-refractivity contribution in [2.45, 2.75) is 6.92 Å². The Morgan fingerprint density at radius 1 is 0.935 bits per heavy atom. The smallest absolute Gasteiger partial charge is 0.278 e. The molecule has 4 rings (SSSR count). The van der Waals surface area contributed by atoms with Gasteiger partial charge in [0.2, 0.25) is 0 Å². The first-order valence-corrected chi connectivity index (χ1v) is 10.7. The molecular formula is C24H22N2O4S. The van der Waals surface area contributed by atoms with E-state index in [9.17, 15) is 9.59 Å². The normalized spacial score (nSPS) is 13.7. The van der Waals surface area contributed by atoms with E-state index < -0.39 is 0 Å². The van der Waals surface area contributed by atoms with Gasteiger partial charge in [-0.25, -0.2) is 0 Å². The molecule has 0 saturated carbocycles. The molecule has 0 aliphatic carbocycles. The molecule has 7 heteroatoms. The molecule has 0 radical (unpaired) electrons. The number of para-hydroxylation sites is 1. The lowest BCUT2D eigenvalue weighted by molar-refractivity contribution is -0.137. The zero-order chi connectivity index (χ0) is 21.8. The van der Waals surface area contributed by atoms with Gasteiger partial charge in [-0.3, -0.25) is 14.5 Å². The summed E-state index contributed by atoms with van der Waals surface area (Å²) in [4.78, 5) is 28.3. The Morgan fingerprint density at radius 3 is 2.35 bits per heavy atom. The number of nitrogens with zero attached hydrogens (tertiary/aromatic N) is 1. The number of amides is 2. The maximum Gasteiger partial charge on any atom is 0.278 e. The van der Waals surface area contributed by atoms with Gasteiger partial charge in [0, 0.05) is 10.6 Å². The summed E-state index contributed by atoms with van der Waals surface area (Å²) < 4.78 is 10.9. The largest absolute Gasteiger partial charge is 0.497 e. The van der Waals surface area contributed by atoms with Crippen LogP contribution in [0.25, 0.3) is 5.57 Å². The third-order valence-corrected chi connectivity index (χ3v) is 5.87. The van der Waals surface area contributed by atoms with Crippen LogP contribution in [0.15, 0.2) is 71.7 Å². The maximum atomic E-state index is 13.2. The van der Waals surface area contributed by atoms with Crippen molar-refractivity contribution in [2.75, 3.05) is 25.6 Å². The number of rotatable bonds is 8. The number of imide groups is 1. The fourth-order valence-electron chi connectivity index (χ4n) is 3.32. The van der Waals surface area contributed by atoms with E-state index in [-0.39, 0.29) is 25.0 Å². The number of benzene rings is 2. The predicted octanol–water partition coefficient (Wildman–Crippen LogP) is 4.34. The minimum absolute atomic E-state index is 0.150. The Bertz CT molecular complexity index is 1120. The van der Waals surface area contributed by atoms with E-state index >= 15 is 0 Å². The molecule has 0 spiro atoms. The summed E-state index contributed by atoms with van der Waals surface area (Å²) in [5, 5.41) is 5.09. The van der Waals surface area contributed by atoms with E-state index in [0.717, 1.165) is 21.9 Å². The molecule has 31 heavy (non-hydrogen) atoms. The van der Waals surface area contributed by atoms with Crippen LogP contribution < -0.4 is 14.8 Å². The third-order valence-electron chi connectivity index (χ3n) is 4.98. The summed E-state index contributed by atoms with van der Waals surface area (Å²) in [5.41, 5.74) is 2.48. The quantitative estimate of drug-likeness (QED) is 0.535. The molecule has 1 aliphatic rings. The minimum Gasteiger partial charge on any atom is -0.497 e. The van der Waals surface area contributed by atoms with Crippen LogP contribution in [0.1, 0.15) is 10.4 Å². The van der Waals surface area contributed by atoms with E-state index in [4.69, 9.17) is 9.47 Å². The van der Waals surface area contributed by atoms with Crippen molar-refractivity contribution in [3.05, 3.63) is 82.2 Å². The molecule has 0 fully saturated rings. The third kappa shape index (κ3) is 4.32. The number of aryl methyl sites for hydroxylation is 1. The monoisotopic (exact) mass is 434 g/mol. The lowest BCUT2D eigenvalue weighted by atomic mass is 10.1. The van der Waals surface area contributed by atoms with Crippen molar-refractivity contribution in [1.29, 1.82) is 0 Å². The van der Waals surface area contributed by atoms with Crippen LogP contribution in [0.3, 0.4) is 0 Å². The molecule has 0 saturated heterocycles. The highest BCUT2D eigenvalue weighted by atomic mass is 32.1. The van der Waals surface area contributed by atoms with Crippen molar-refractivity contribution in [2.24, 2.45) is 0 Å². The Morgan fingerprint density at radius 2 is 1.68 bits per heavy atom. The van der Waals surface area contributed by atoms with Crippen molar-refractivity contribution in [3.8, 4) is 11.5 Å². The first-order chi connectivity index (χ1) is 15.1. The Hall–Kier alpha value is -3.58. The average Bonchev–Trinajstić information content (AvgIpc) is 3.38. The van der Waals surface area contributed by atoms with Gasteiger partial charge in [0.25, 0.3) is 11.8 Å². The SMILES string of the molecule is COc1ccc(OCCN2C(=O)C(Nc3ccccc3C)=C(c3cccs3)C2=O)cc1. The van der Waals surface area contributed by atoms with Crippen molar-refractivity contribution >= 4 is 34.4 Å². The standard InChI is InChI=1S/C24H22N2O4S/c1-16-6-3-4-7-19(16)25-22-21(20-8-5-15-31-20)23(27)26(24(22)28)13-14-30-18-11-9-17(29-2)10-12-18/h3-12,15,25H,13-14H2,1-2H3. The summed E-state index contributed by atoms with van der Waals surface area (Å²) in [6.07, 6.45) is 0. The van der Waals surface area contributed by atoms with E-state index in [1.807, 2.05) is 48.7 Å². The lowest BCUT2D eigenvalue weighted by Gasteiger charge is -2.16. The fourth-order valence-corrected chi connectivity index (χ4v) is 4.09. The van der Waals surface area contributed by atoms with E-state index in [1.54, 1.807) is 31.4 Å². The molecule has 0 atom stereocenters. The first kappa shape index (κ1) is 20.7. The first-order valence-electron chi connectivity index (χ1n) is 9.82. The van der Waals surface area contributed by atoms with Crippen molar-refractivity contribution in [1.82, 2.24) is 4.90 Å². The molecule has 2 amide bonds. The Kier molecular flexibility index (Phi) is 6.04.